The number of hydrogen-bond donors (Lipinski definition) is 2. The molecule has 7 nitrogen and oxygen atoms in total. The van der Waals surface area contributed by atoms with Gasteiger partial charge in [-0.15, -0.1) is 0 Å². The summed E-state index contributed by atoms with van der Waals surface area (Å²) >= 11 is 0. The van der Waals surface area contributed by atoms with E-state index in [4.69, 9.17) is 10.5 Å². The van der Waals surface area contributed by atoms with Crippen LogP contribution in [-0.2, 0) is 4.74 Å². The topological polar surface area (TPSA) is 79.5 Å². The smallest absolute Gasteiger partial charge is 0.161 e. The first kappa shape index (κ1) is 16.5. The Morgan fingerprint density at radius 1 is 1.21 bits per heavy atom. The lowest BCUT2D eigenvalue weighted by Crippen LogP contribution is -2.39. The minimum absolute atomic E-state index is 0.561. The van der Waals surface area contributed by atoms with Crippen LogP contribution in [0.4, 0.5) is 23.0 Å². The summed E-state index contributed by atoms with van der Waals surface area (Å²) in [5.74, 6) is 1.38. The van der Waals surface area contributed by atoms with Crippen molar-refractivity contribution in [1.29, 1.82) is 0 Å². The molecule has 2 heterocycles. The number of benzene rings is 1. The zero-order chi connectivity index (χ0) is 16.8. The SMILES string of the molecule is CN(c1ccccc1)c1ncnc(NCCN2CCOCC2)c1N. The van der Waals surface area contributed by atoms with Gasteiger partial charge in [0, 0.05) is 38.9 Å². The predicted molar refractivity (Wildman–Crippen MR) is 96.7 cm³/mol. The summed E-state index contributed by atoms with van der Waals surface area (Å²) in [6, 6.07) is 10.0. The Hall–Kier alpha value is -2.38. The van der Waals surface area contributed by atoms with Crippen LogP contribution in [0.5, 0.6) is 0 Å². The fourth-order valence-electron chi connectivity index (χ4n) is 2.73. The number of morpholine rings is 1. The van der Waals surface area contributed by atoms with Gasteiger partial charge in [0.1, 0.15) is 12.0 Å². The Kier molecular flexibility index (Phi) is 5.45. The monoisotopic (exact) mass is 328 g/mol. The lowest BCUT2D eigenvalue weighted by Gasteiger charge is -2.26. The molecule has 7 heteroatoms. The average Bonchev–Trinajstić information content (AvgIpc) is 2.64. The highest BCUT2D eigenvalue weighted by Gasteiger charge is 2.14. The fraction of sp³-hybridized carbons (Fsp3) is 0.412. The van der Waals surface area contributed by atoms with Gasteiger partial charge in [-0.2, -0.15) is 0 Å². The molecule has 0 amide bonds. The van der Waals surface area contributed by atoms with Crippen molar-refractivity contribution in [1.82, 2.24) is 14.9 Å². The van der Waals surface area contributed by atoms with E-state index in [1.54, 1.807) is 6.33 Å². The Bertz CT molecular complexity index is 645. The normalized spacial score (nSPS) is 15.2. The molecule has 1 aliphatic rings. The van der Waals surface area contributed by atoms with Gasteiger partial charge in [-0.1, -0.05) is 18.2 Å². The molecule has 1 saturated heterocycles. The van der Waals surface area contributed by atoms with Crippen molar-refractivity contribution in [2.24, 2.45) is 0 Å². The molecular formula is C17H24N6O. The zero-order valence-corrected chi connectivity index (χ0v) is 14.0. The molecule has 3 N–H and O–H groups in total. The first-order valence-electron chi connectivity index (χ1n) is 8.19. The van der Waals surface area contributed by atoms with Gasteiger partial charge in [-0.25, -0.2) is 9.97 Å². The van der Waals surface area contributed by atoms with Crippen LogP contribution >= 0.6 is 0 Å². The maximum absolute atomic E-state index is 6.28. The molecule has 0 saturated carbocycles. The molecule has 0 bridgehead atoms. The number of rotatable bonds is 6. The quantitative estimate of drug-likeness (QED) is 0.833. The molecule has 1 fully saturated rings. The van der Waals surface area contributed by atoms with Crippen molar-refractivity contribution in [3.63, 3.8) is 0 Å². The number of nitrogens with one attached hydrogen (secondary N) is 1. The van der Waals surface area contributed by atoms with Crippen molar-refractivity contribution in [2.75, 3.05) is 62.4 Å². The van der Waals surface area contributed by atoms with Gasteiger partial charge in [0.15, 0.2) is 11.6 Å². The maximum Gasteiger partial charge on any atom is 0.161 e. The number of nitrogens with zero attached hydrogens (tertiary/aromatic N) is 4. The van der Waals surface area contributed by atoms with Crippen LogP contribution in [0.2, 0.25) is 0 Å². The Balaban J connectivity index is 1.64. The first-order chi connectivity index (χ1) is 11.8. The predicted octanol–water partition coefficient (Wildman–Crippen LogP) is 1.57. The van der Waals surface area contributed by atoms with Crippen LogP contribution in [0, 0.1) is 0 Å². The second-order valence-electron chi connectivity index (χ2n) is 5.73. The minimum Gasteiger partial charge on any atom is -0.393 e. The largest absolute Gasteiger partial charge is 0.393 e. The number of ether oxygens (including phenoxy) is 1. The highest BCUT2D eigenvalue weighted by Crippen LogP contribution is 2.29. The molecule has 1 aromatic heterocycles. The van der Waals surface area contributed by atoms with E-state index in [9.17, 15) is 0 Å². The molecule has 0 atom stereocenters. The molecule has 3 rings (SSSR count). The van der Waals surface area contributed by atoms with Crippen molar-refractivity contribution < 1.29 is 4.74 Å². The fourth-order valence-corrected chi connectivity index (χ4v) is 2.73. The van der Waals surface area contributed by atoms with Gasteiger partial charge < -0.3 is 20.7 Å². The minimum atomic E-state index is 0.561. The van der Waals surface area contributed by atoms with Gasteiger partial charge in [-0.05, 0) is 12.1 Å². The van der Waals surface area contributed by atoms with Crippen LogP contribution in [0.3, 0.4) is 0 Å². The molecule has 128 valence electrons. The summed E-state index contributed by atoms with van der Waals surface area (Å²) in [5, 5.41) is 3.32. The second-order valence-corrected chi connectivity index (χ2v) is 5.73. The summed E-state index contributed by atoms with van der Waals surface area (Å²) in [6.07, 6.45) is 1.54. The molecule has 0 spiro atoms. The van der Waals surface area contributed by atoms with E-state index in [0.717, 1.165) is 45.1 Å². The summed E-state index contributed by atoms with van der Waals surface area (Å²) in [5.41, 5.74) is 7.87. The highest BCUT2D eigenvalue weighted by atomic mass is 16.5. The molecule has 24 heavy (non-hydrogen) atoms. The molecule has 1 aromatic carbocycles. The molecule has 0 unspecified atom stereocenters. The van der Waals surface area contributed by atoms with E-state index in [1.807, 2.05) is 42.3 Å². The molecule has 0 radical (unpaired) electrons. The lowest BCUT2D eigenvalue weighted by molar-refractivity contribution is 0.0398. The average molecular weight is 328 g/mol. The van der Waals surface area contributed by atoms with Gasteiger partial charge in [0.05, 0.1) is 13.2 Å². The van der Waals surface area contributed by atoms with E-state index >= 15 is 0 Å². The van der Waals surface area contributed by atoms with Crippen LogP contribution in [0.25, 0.3) is 0 Å². The van der Waals surface area contributed by atoms with Crippen molar-refractivity contribution in [2.45, 2.75) is 0 Å². The van der Waals surface area contributed by atoms with Crippen LogP contribution in [-0.4, -0.2) is 61.3 Å². The summed E-state index contributed by atoms with van der Waals surface area (Å²) < 4.78 is 5.36. The maximum atomic E-state index is 6.28. The molecular weight excluding hydrogens is 304 g/mol. The second kappa shape index (κ2) is 7.94. The molecule has 0 aliphatic carbocycles. The zero-order valence-electron chi connectivity index (χ0n) is 14.0. The van der Waals surface area contributed by atoms with Gasteiger partial charge in [0.2, 0.25) is 0 Å². The van der Waals surface area contributed by atoms with E-state index < -0.39 is 0 Å². The molecule has 1 aliphatic heterocycles. The van der Waals surface area contributed by atoms with Crippen molar-refractivity contribution >= 4 is 23.0 Å². The Labute approximate surface area is 142 Å². The number of anilines is 4. The number of nitrogens with two attached hydrogens (primary N) is 1. The highest BCUT2D eigenvalue weighted by molar-refractivity contribution is 5.78. The third-order valence-corrected chi connectivity index (χ3v) is 4.15. The summed E-state index contributed by atoms with van der Waals surface area (Å²) in [4.78, 5) is 12.9. The van der Waals surface area contributed by atoms with E-state index in [1.165, 1.54) is 0 Å². The van der Waals surface area contributed by atoms with Crippen LogP contribution in [0.1, 0.15) is 0 Å². The first-order valence-corrected chi connectivity index (χ1v) is 8.19. The van der Waals surface area contributed by atoms with Gasteiger partial charge >= 0.3 is 0 Å². The third kappa shape index (κ3) is 3.93. The third-order valence-electron chi connectivity index (χ3n) is 4.15. The van der Waals surface area contributed by atoms with Crippen LogP contribution < -0.4 is 16.0 Å². The Morgan fingerprint density at radius 2 is 1.96 bits per heavy atom. The lowest BCUT2D eigenvalue weighted by atomic mass is 10.3. The number of para-hydroxylation sites is 1. The number of nitrogen functional groups attached to an aromatic ring is 1. The van der Waals surface area contributed by atoms with Crippen LogP contribution in [0.15, 0.2) is 36.7 Å². The van der Waals surface area contributed by atoms with E-state index in [-0.39, 0.29) is 0 Å². The van der Waals surface area contributed by atoms with E-state index in [2.05, 4.69) is 20.2 Å². The molecule has 2 aromatic rings. The van der Waals surface area contributed by atoms with Gasteiger partial charge in [0.25, 0.3) is 0 Å². The summed E-state index contributed by atoms with van der Waals surface area (Å²) in [7, 11) is 1.95. The van der Waals surface area contributed by atoms with Crippen molar-refractivity contribution in [3.8, 4) is 0 Å². The summed E-state index contributed by atoms with van der Waals surface area (Å²) in [6.45, 7) is 5.29. The van der Waals surface area contributed by atoms with Crippen molar-refractivity contribution in [3.05, 3.63) is 36.7 Å². The number of aromatic nitrogens is 2. The standard InChI is InChI=1S/C17H24N6O/c1-22(14-5-3-2-4-6-14)17-15(18)16(20-13-21-17)19-7-8-23-9-11-24-12-10-23/h2-6,13H,7-12,18H2,1H3,(H,19,20,21). The van der Waals surface area contributed by atoms with E-state index in [0.29, 0.717) is 17.3 Å². The number of hydrogen-bond acceptors (Lipinski definition) is 7. The Morgan fingerprint density at radius 3 is 2.71 bits per heavy atom. The van der Waals surface area contributed by atoms with Gasteiger partial charge in [-0.3, -0.25) is 4.90 Å².